The number of carbonyl (C=O) groups excluding carboxylic acids is 1. The van der Waals surface area contributed by atoms with Crippen LogP contribution in [0.2, 0.25) is 0 Å². The molecule has 1 aromatic rings. The van der Waals surface area contributed by atoms with Gasteiger partial charge in [0.25, 0.3) is 0 Å². The van der Waals surface area contributed by atoms with E-state index in [2.05, 4.69) is 17.9 Å². The van der Waals surface area contributed by atoms with Gasteiger partial charge in [0.05, 0.1) is 29.8 Å². The predicted molar refractivity (Wildman–Crippen MR) is 160 cm³/mol. The summed E-state index contributed by atoms with van der Waals surface area (Å²) in [7, 11) is 1.60. The smallest absolute Gasteiger partial charge is 0.416 e. The summed E-state index contributed by atoms with van der Waals surface area (Å²) >= 11 is 0. The third-order valence-corrected chi connectivity index (χ3v) is 12.4. The van der Waals surface area contributed by atoms with Gasteiger partial charge in [-0.3, -0.25) is 9.69 Å². The maximum Gasteiger partial charge on any atom is 0.416 e. The van der Waals surface area contributed by atoms with Crippen molar-refractivity contribution in [1.82, 2.24) is 4.90 Å². The Bertz CT molecular complexity index is 1330. The van der Waals surface area contributed by atoms with E-state index in [1.807, 2.05) is 20.8 Å². The zero-order valence-corrected chi connectivity index (χ0v) is 26.8. The molecule has 0 radical (unpaired) electrons. The predicted octanol–water partition coefficient (Wildman–Crippen LogP) is 6.21. The average molecular weight is 634 g/mol. The van der Waals surface area contributed by atoms with Crippen molar-refractivity contribution < 1.29 is 42.1 Å². The maximum absolute atomic E-state index is 13.7. The molecule has 1 saturated heterocycles. The lowest BCUT2D eigenvalue weighted by molar-refractivity contribution is -0.220. The van der Waals surface area contributed by atoms with Crippen LogP contribution in [0.25, 0.3) is 0 Å². The van der Waals surface area contributed by atoms with Crippen LogP contribution in [0.1, 0.15) is 64.5 Å². The van der Waals surface area contributed by atoms with Gasteiger partial charge in [0, 0.05) is 32.2 Å². The van der Waals surface area contributed by atoms with Crippen molar-refractivity contribution in [3.8, 4) is 0 Å². The molecule has 1 aromatic carbocycles. The fourth-order valence-electron chi connectivity index (χ4n) is 10.5. The Kier molecular flexibility index (Phi) is 8.32. The minimum absolute atomic E-state index is 0.0312. The molecule has 10 atom stereocenters. The lowest BCUT2D eigenvalue weighted by Gasteiger charge is -2.58. The van der Waals surface area contributed by atoms with Crippen LogP contribution in [0.15, 0.2) is 35.9 Å². The number of carboxylic acids is 1. The third kappa shape index (κ3) is 4.75. The first kappa shape index (κ1) is 32.7. The van der Waals surface area contributed by atoms with Gasteiger partial charge in [-0.25, -0.2) is 0 Å². The summed E-state index contributed by atoms with van der Waals surface area (Å²) in [5.41, 5.74) is -2.20. The number of hydrogen-bond donors (Lipinski definition) is 1. The maximum atomic E-state index is 13.7. The van der Waals surface area contributed by atoms with Crippen molar-refractivity contribution in [3.63, 3.8) is 0 Å². The normalized spacial score (nSPS) is 41.2. The molecule has 5 aliphatic rings. The minimum atomic E-state index is -4.40. The van der Waals surface area contributed by atoms with Gasteiger partial charge in [-0.2, -0.15) is 13.2 Å². The molecular formula is C35H46F3NO6. The van der Waals surface area contributed by atoms with E-state index in [0.29, 0.717) is 38.4 Å². The quantitative estimate of drug-likeness (QED) is 0.256. The summed E-state index contributed by atoms with van der Waals surface area (Å²) in [5.74, 6) is -0.356. The summed E-state index contributed by atoms with van der Waals surface area (Å²) in [6, 6.07) is 5.16. The number of allylic oxidation sites excluding steroid dienone is 1. The Balaban J connectivity index is 1.30. The van der Waals surface area contributed by atoms with Gasteiger partial charge in [-0.05, 0) is 73.5 Å². The van der Waals surface area contributed by atoms with Crippen LogP contribution in [-0.2, 0) is 36.5 Å². The molecule has 4 bridgehead atoms. The van der Waals surface area contributed by atoms with Crippen LogP contribution < -0.4 is 0 Å². The molecule has 0 aromatic heterocycles. The van der Waals surface area contributed by atoms with Crippen LogP contribution in [0.3, 0.4) is 0 Å². The Labute approximate surface area is 263 Å². The molecule has 3 saturated carbocycles. The van der Waals surface area contributed by atoms with Crippen LogP contribution in [0.5, 0.6) is 0 Å². The molecular weight excluding hydrogens is 587 g/mol. The number of carboxylic acid groups (broad SMARTS) is 1. The molecule has 45 heavy (non-hydrogen) atoms. The van der Waals surface area contributed by atoms with E-state index in [4.69, 9.17) is 14.2 Å². The van der Waals surface area contributed by atoms with E-state index in [1.165, 1.54) is 12.1 Å². The molecule has 0 spiro atoms. The largest absolute Gasteiger partial charge is 0.481 e. The van der Waals surface area contributed by atoms with E-state index in [-0.39, 0.29) is 42.5 Å². The number of fused-ring (bicyclic) bond motifs is 2. The first-order chi connectivity index (χ1) is 21.2. The second kappa shape index (κ2) is 11.5. The number of alkyl halides is 3. The topological polar surface area (TPSA) is 85.3 Å². The van der Waals surface area contributed by atoms with Gasteiger partial charge in [0.2, 0.25) is 0 Å². The number of aldehydes is 1. The number of ether oxygens (including phenoxy) is 3. The Morgan fingerprint density at radius 3 is 2.47 bits per heavy atom. The molecule has 1 N–H and O–H groups in total. The monoisotopic (exact) mass is 633 g/mol. The molecule has 1 heterocycles. The van der Waals surface area contributed by atoms with Crippen LogP contribution in [-0.4, -0.2) is 67.6 Å². The lowest BCUT2D eigenvalue weighted by atomic mass is 9.43. The standard InChI is InChI=1S/C35H46F3NO6/c1-20(2)28-12-25-13-32(18-40)27-11-6-21(3)26(27)14-33(25,34(28,32)31(41)42)19-44-30-17-39(16-29(43-5)22(4)45-30)15-23-7-9-24(10-8-23)35(36,37)38/h7-10,12,18,20-22,25-27,29-30H,6,11,13-17,19H2,1-5H3,(H,41,42)/t21-,22-,25?,26-,27-,29+,30-,32+,33?,34+/m1/s1. The highest BCUT2D eigenvalue weighted by molar-refractivity contribution is 5.90. The van der Waals surface area contributed by atoms with Gasteiger partial charge in [-0.1, -0.05) is 51.0 Å². The van der Waals surface area contributed by atoms with Gasteiger partial charge in [0.15, 0.2) is 6.29 Å². The summed E-state index contributed by atoms with van der Waals surface area (Å²) in [5, 5.41) is 11.2. The van der Waals surface area contributed by atoms with Crippen molar-refractivity contribution in [2.24, 2.45) is 45.8 Å². The summed E-state index contributed by atoms with van der Waals surface area (Å²) in [6.45, 7) is 9.51. The van der Waals surface area contributed by atoms with E-state index < -0.39 is 40.2 Å². The molecule has 1 aliphatic heterocycles. The molecule has 10 heteroatoms. The molecule has 4 fully saturated rings. The second-order valence-corrected chi connectivity index (χ2v) is 14.7. The van der Waals surface area contributed by atoms with E-state index in [9.17, 15) is 27.9 Å². The highest BCUT2D eigenvalue weighted by Crippen LogP contribution is 2.82. The van der Waals surface area contributed by atoms with Gasteiger partial charge in [0.1, 0.15) is 11.7 Å². The SMILES string of the molecule is CO[C@H]1CN(Cc2ccc(C(F)(F)F)cc2)C[C@H](OCC23C[C@@H]4[C@H](C)CC[C@H]4[C@@]4(C=O)CC2C=C(C(C)C)[C@@]34C(=O)O)O[C@@H]1C. The lowest BCUT2D eigenvalue weighted by Crippen LogP contribution is -2.63. The van der Waals surface area contributed by atoms with Crippen LogP contribution >= 0.6 is 0 Å². The van der Waals surface area contributed by atoms with Crippen molar-refractivity contribution >= 4 is 12.3 Å². The van der Waals surface area contributed by atoms with Crippen molar-refractivity contribution in [2.75, 3.05) is 26.8 Å². The van der Waals surface area contributed by atoms with E-state index in [0.717, 1.165) is 42.4 Å². The number of rotatable bonds is 9. The number of aliphatic carboxylic acids is 1. The van der Waals surface area contributed by atoms with E-state index in [1.54, 1.807) is 7.11 Å². The number of carbonyl (C=O) groups is 2. The number of benzene rings is 1. The Morgan fingerprint density at radius 2 is 1.87 bits per heavy atom. The summed E-state index contributed by atoms with van der Waals surface area (Å²) in [4.78, 5) is 29.1. The fourth-order valence-corrected chi connectivity index (χ4v) is 10.5. The van der Waals surface area contributed by atoms with Crippen LogP contribution in [0.4, 0.5) is 13.2 Å². The number of halogens is 3. The molecule has 4 aliphatic carbocycles. The summed E-state index contributed by atoms with van der Waals surface area (Å²) in [6.07, 6.45) is 0.487. The second-order valence-electron chi connectivity index (χ2n) is 14.7. The zero-order valence-electron chi connectivity index (χ0n) is 26.8. The number of nitrogens with zero attached hydrogens (tertiary/aromatic N) is 1. The fraction of sp³-hybridized carbons (Fsp3) is 0.714. The zero-order chi connectivity index (χ0) is 32.5. The molecule has 2 unspecified atom stereocenters. The van der Waals surface area contributed by atoms with E-state index >= 15 is 0 Å². The van der Waals surface area contributed by atoms with Crippen LogP contribution in [0, 0.1) is 45.8 Å². The highest BCUT2D eigenvalue weighted by atomic mass is 19.4. The average Bonchev–Trinajstić information content (AvgIpc) is 3.50. The number of methoxy groups -OCH3 is 1. The summed E-state index contributed by atoms with van der Waals surface area (Å²) < 4.78 is 58.3. The Morgan fingerprint density at radius 1 is 1.16 bits per heavy atom. The van der Waals surface area contributed by atoms with Gasteiger partial charge < -0.3 is 24.1 Å². The highest BCUT2D eigenvalue weighted by Gasteiger charge is 2.84. The van der Waals surface area contributed by atoms with Crippen molar-refractivity contribution in [2.45, 2.75) is 84.6 Å². The van der Waals surface area contributed by atoms with Gasteiger partial charge >= 0.3 is 12.1 Å². The van der Waals surface area contributed by atoms with Crippen molar-refractivity contribution in [3.05, 3.63) is 47.0 Å². The Hall–Kier alpha value is -2.27. The molecule has 7 nitrogen and oxygen atoms in total. The van der Waals surface area contributed by atoms with Gasteiger partial charge in [-0.15, -0.1) is 0 Å². The van der Waals surface area contributed by atoms with Crippen molar-refractivity contribution in [1.29, 1.82) is 0 Å². The molecule has 248 valence electrons. The third-order valence-electron chi connectivity index (χ3n) is 12.4. The minimum Gasteiger partial charge on any atom is -0.481 e. The number of hydrogen-bond acceptors (Lipinski definition) is 6. The molecule has 6 rings (SSSR count). The first-order valence-corrected chi connectivity index (χ1v) is 16.3. The molecule has 0 amide bonds. The first-order valence-electron chi connectivity index (χ1n) is 16.3.